The third kappa shape index (κ3) is 7.44. The predicted octanol–water partition coefficient (Wildman–Crippen LogP) is 6.19. The van der Waals surface area contributed by atoms with Crippen LogP contribution in [0.2, 0.25) is 0 Å². The van der Waals surface area contributed by atoms with Gasteiger partial charge < -0.3 is 39.0 Å². The lowest BCUT2D eigenvalue weighted by atomic mass is 9.69. The minimum atomic E-state index is -1.06. The summed E-state index contributed by atoms with van der Waals surface area (Å²) >= 11 is 0. The monoisotopic (exact) mass is 692 g/mol. The summed E-state index contributed by atoms with van der Waals surface area (Å²) in [4.78, 5) is 25.8. The van der Waals surface area contributed by atoms with Crippen LogP contribution in [0.4, 0.5) is 0 Å². The zero-order valence-corrected chi connectivity index (χ0v) is 31.4. The van der Waals surface area contributed by atoms with Crippen molar-refractivity contribution < 1.29 is 48.6 Å². The van der Waals surface area contributed by atoms with Crippen molar-refractivity contribution in [3.8, 4) is 0 Å². The number of carboxylic acids is 1. The van der Waals surface area contributed by atoms with Gasteiger partial charge in [0.25, 0.3) is 0 Å². The summed E-state index contributed by atoms with van der Waals surface area (Å²) in [6, 6.07) is 0. The van der Waals surface area contributed by atoms with E-state index in [0.29, 0.717) is 32.1 Å². The first-order valence-electron chi connectivity index (χ1n) is 19.1. The molecular weight excluding hydrogens is 628 g/mol. The van der Waals surface area contributed by atoms with E-state index in [-0.39, 0.29) is 42.2 Å². The SMILES string of the molecule is CCC(C(=O)[C@@H](C)[C@@H](O)[C@H](C)C1(C)O[C@@H](CC(=O)O)CC[C@@H]1C)[C@H]1O[C@]2(C=CC[C@]3(CC[C@@](C)([C@H]4CCC(O)[C@H](C)O4)O3)O2)[C@H](C)C[C@@H]1C. The summed E-state index contributed by atoms with van der Waals surface area (Å²) in [5, 5.41) is 31.4. The Morgan fingerprint density at radius 1 is 0.959 bits per heavy atom. The third-order valence-corrected chi connectivity index (χ3v) is 13.5. The van der Waals surface area contributed by atoms with Crippen LogP contribution in [0, 0.1) is 35.5 Å². The second kappa shape index (κ2) is 14.6. The summed E-state index contributed by atoms with van der Waals surface area (Å²) < 4.78 is 33.5. The first kappa shape index (κ1) is 38.8. The predicted molar refractivity (Wildman–Crippen MR) is 183 cm³/mol. The van der Waals surface area contributed by atoms with E-state index < -0.39 is 70.9 Å². The fraction of sp³-hybridized carbons (Fsp3) is 0.897. The molecule has 5 aliphatic heterocycles. The number of carbonyl (C=O) groups excluding carboxylic acids is 1. The number of carboxylic acid groups (broad SMARTS) is 1. The molecule has 10 heteroatoms. The van der Waals surface area contributed by atoms with Crippen LogP contribution >= 0.6 is 0 Å². The molecule has 16 atom stereocenters. The minimum absolute atomic E-state index is 0.0167. The van der Waals surface area contributed by atoms with Crippen LogP contribution in [0.3, 0.4) is 0 Å². The Balaban J connectivity index is 1.30. The lowest BCUT2D eigenvalue weighted by Gasteiger charge is -2.53. The molecule has 0 saturated carbocycles. The van der Waals surface area contributed by atoms with Gasteiger partial charge in [0.1, 0.15) is 5.78 Å². The van der Waals surface area contributed by atoms with Gasteiger partial charge in [-0.25, -0.2) is 0 Å². The van der Waals surface area contributed by atoms with Gasteiger partial charge in [0.05, 0.1) is 54.2 Å². The first-order valence-corrected chi connectivity index (χ1v) is 19.1. The molecule has 5 rings (SSSR count). The molecule has 280 valence electrons. The molecule has 0 bridgehead atoms. The normalized spacial score (nSPS) is 46.8. The van der Waals surface area contributed by atoms with Gasteiger partial charge in [-0.05, 0) is 83.6 Å². The average Bonchev–Trinajstić information content (AvgIpc) is 3.37. The van der Waals surface area contributed by atoms with E-state index in [1.54, 1.807) is 6.92 Å². The summed E-state index contributed by atoms with van der Waals surface area (Å²) in [6.45, 7) is 18.0. The Hall–Kier alpha value is -1.40. The molecule has 3 N–H and O–H groups in total. The Morgan fingerprint density at radius 3 is 2.33 bits per heavy atom. The Bertz CT molecular complexity index is 1220. The highest BCUT2D eigenvalue weighted by atomic mass is 16.8. The van der Waals surface area contributed by atoms with Crippen molar-refractivity contribution in [1.82, 2.24) is 0 Å². The van der Waals surface area contributed by atoms with Crippen molar-refractivity contribution in [2.24, 2.45) is 35.5 Å². The number of hydrogen-bond donors (Lipinski definition) is 3. The molecule has 2 spiro atoms. The van der Waals surface area contributed by atoms with Gasteiger partial charge in [0, 0.05) is 36.5 Å². The molecule has 10 nitrogen and oxygen atoms in total. The molecule has 49 heavy (non-hydrogen) atoms. The number of rotatable bonds is 10. The van der Waals surface area contributed by atoms with Crippen molar-refractivity contribution in [3.63, 3.8) is 0 Å². The van der Waals surface area contributed by atoms with Gasteiger partial charge in [-0.3, -0.25) is 9.59 Å². The van der Waals surface area contributed by atoms with Crippen LogP contribution in [0.15, 0.2) is 12.2 Å². The molecule has 0 aromatic heterocycles. The van der Waals surface area contributed by atoms with Gasteiger partial charge >= 0.3 is 5.97 Å². The van der Waals surface area contributed by atoms with Gasteiger partial charge in [-0.1, -0.05) is 47.6 Å². The van der Waals surface area contributed by atoms with Crippen molar-refractivity contribution in [3.05, 3.63) is 12.2 Å². The molecule has 0 aliphatic carbocycles. The Kier molecular flexibility index (Phi) is 11.5. The van der Waals surface area contributed by atoms with E-state index >= 15 is 0 Å². The number of aliphatic hydroxyl groups excluding tert-OH is 2. The van der Waals surface area contributed by atoms with Crippen LogP contribution in [0.25, 0.3) is 0 Å². The maximum atomic E-state index is 14.4. The summed E-state index contributed by atoms with van der Waals surface area (Å²) in [5.41, 5.74) is -1.33. The van der Waals surface area contributed by atoms with Crippen LogP contribution in [0.5, 0.6) is 0 Å². The van der Waals surface area contributed by atoms with Gasteiger partial charge in [-0.15, -0.1) is 0 Å². The van der Waals surface area contributed by atoms with Crippen LogP contribution in [-0.4, -0.2) is 86.5 Å². The fourth-order valence-corrected chi connectivity index (χ4v) is 9.73. The molecule has 5 aliphatic rings. The number of hydrogen-bond acceptors (Lipinski definition) is 9. The molecule has 3 unspecified atom stereocenters. The third-order valence-electron chi connectivity index (χ3n) is 13.5. The Labute approximate surface area is 293 Å². The molecule has 0 radical (unpaired) electrons. The zero-order valence-electron chi connectivity index (χ0n) is 31.4. The van der Waals surface area contributed by atoms with Crippen molar-refractivity contribution in [2.75, 3.05) is 0 Å². The quantitative estimate of drug-likeness (QED) is 0.227. The maximum Gasteiger partial charge on any atom is 0.305 e. The van der Waals surface area contributed by atoms with Crippen LogP contribution < -0.4 is 0 Å². The van der Waals surface area contributed by atoms with Crippen molar-refractivity contribution in [2.45, 2.75) is 186 Å². The van der Waals surface area contributed by atoms with E-state index in [2.05, 4.69) is 33.8 Å². The molecule has 5 heterocycles. The summed E-state index contributed by atoms with van der Waals surface area (Å²) in [7, 11) is 0. The molecule has 0 aromatic carbocycles. The number of ether oxygens (including phenoxy) is 5. The van der Waals surface area contributed by atoms with E-state index in [1.807, 2.05) is 33.8 Å². The second-order valence-corrected chi connectivity index (χ2v) is 16.9. The number of Topliss-reactive ketones (excluding diaryl/α,β-unsaturated/α-hetero) is 1. The van der Waals surface area contributed by atoms with Gasteiger partial charge in [0.15, 0.2) is 11.6 Å². The Morgan fingerprint density at radius 2 is 1.67 bits per heavy atom. The fourth-order valence-electron chi connectivity index (χ4n) is 9.73. The molecular formula is C39H64O10. The number of aliphatic hydroxyl groups is 2. The van der Waals surface area contributed by atoms with Crippen LogP contribution in [-0.2, 0) is 33.3 Å². The van der Waals surface area contributed by atoms with E-state index in [1.165, 1.54) is 0 Å². The largest absolute Gasteiger partial charge is 0.481 e. The van der Waals surface area contributed by atoms with Crippen molar-refractivity contribution in [1.29, 1.82) is 0 Å². The van der Waals surface area contributed by atoms with Gasteiger partial charge in [0.2, 0.25) is 0 Å². The van der Waals surface area contributed by atoms with E-state index in [9.17, 15) is 24.9 Å². The van der Waals surface area contributed by atoms with Gasteiger partial charge in [-0.2, -0.15) is 0 Å². The number of aliphatic carboxylic acids is 1. The lowest BCUT2D eigenvalue weighted by molar-refractivity contribution is -0.393. The van der Waals surface area contributed by atoms with E-state index in [0.717, 1.165) is 25.7 Å². The average molecular weight is 693 g/mol. The highest BCUT2D eigenvalue weighted by Crippen LogP contribution is 2.53. The minimum Gasteiger partial charge on any atom is -0.481 e. The standard InChI is InChI=1S/C39H64O10/c1-10-29(34(44)25(5)33(43)26(6)37(9)23(3)12-13-28(46-37)21-32(41)42)35-22(2)20-24(4)39(47-35)17-11-16-38(49-39)19-18-36(8,48-38)31-15-14-30(40)27(7)45-31/h11,17,22-31,33,35,40,43H,10,12-16,18-21H2,1-9H3,(H,41,42)/t22-,23-,24+,25-,26-,27-,28+,29?,30?,31+,33+,35-,36-,37?,38+,39-/m0/s1. The smallest absolute Gasteiger partial charge is 0.305 e. The molecule has 4 saturated heterocycles. The molecule has 4 fully saturated rings. The second-order valence-electron chi connectivity index (χ2n) is 16.9. The highest BCUT2D eigenvalue weighted by Gasteiger charge is 2.60. The molecule has 0 aromatic rings. The highest BCUT2D eigenvalue weighted by molar-refractivity contribution is 5.84. The maximum absolute atomic E-state index is 14.4. The zero-order chi connectivity index (χ0) is 36.1. The van der Waals surface area contributed by atoms with Crippen molar-refractivity contribution >= 4 is 11.8 Å². The van der Waals surface area contributed by atoms with E-state index in [4.69, 9.17) is 23.7 Å². The van der Waals surface area contributed by atoms with Crippen LogP contribution in [0.1, 0.15) is 127 Å². The first-order chi connectivity index (χ1) is 22.9. The molecule has 0 amide bonds. The summed E-state index contributed by atoms with van der Waals surface area (Å²) in [6.07, 6.45) is 7.64. The number of ketones is 1. The topological polar surface area (TPSA) is 141 Å². The number of carbonyl (C=O) groups is 2. The summed E-state index contributed by atoms with van der Waals surface area (Å²) in [5.74, 6) is -4.21. The lowest BCUT2D eigenvalue weighted by Crippen LogP contribution is -2.60.